The molecule has 0 unspecified atom stereocenters. The number of hydrogen-bond donors (Lipinski definition) is 0. The van der Waals surface area contributed by atoms with Gasteiger partial charge >= 0.3 is 5.97 Å². The van der Waals surface area contributed by atoms with Crippen LogP contribution in [-0.2, 0) is 9.47 Å². The molecule has 0 aliphatic heterocycles. The summed E-state index contributed by atoms with van der Waals surface area (Å²) >= 11 is 5.75. The van der Waals surface area contributed by atoms with Crippen molar-refractivity contribution in [2.24, 2.45) is 0 Å². The molecule has 1 aromatic heterocycles. The van der Waals surface area contributed by atoms with Gasteiger partial charge in [-0.1, -0.05) is 11.6 Å². The van der Waals surface area contributed by atoms with Gasteiger partial charge in [0.15, 0.2) is 0 Å². The fourth-order valence-electron chi connectivity index (χ4n) is 1.25. The number of rotatable bonds is 5. The lowest BCUT2D eigenvalue weighted by molar-refractivity contribution is 0.0177. The Balaban J connectivity index is 2.47. The lowest BCUT2D eigenvalue weighted by Crippen LogP contribution is -2.13. The molecule has 0 radical (unpaired) electrons. The third kappa shape index (κ3) is 5.15. The van der Waals surface area contributed by atoms with E-state index in [1.165, 1.54) is 6.07 Å². The van der Waals surface area contributed by atoms with Gasteiger partial charge in [0.2, 0.25) is 0 Å². The number of ether oxygens (including phenoxy) is 2. The predicted octanol–water partition coefficient (Wildman–Crippen LogP) is 2.63. The van der Waals surface area contributed by atoms with Crippen LogP contribution in [0.15, 0.2) is 12.1 Å². The van der Waals surface area contributed by atoms with E-state index < -0.39 is 5.97 Å². The number of hydrogen-bond acceptors (Lipinski definition) is 4. The molecule has 1 rings (SSSR count). The lowest BCUT2D eigenvalue weighted by Gasteiger charge is -2.08. The Morgan fingerprint density at radius 2 is 2.12 bits per heavy atom. The molecule has 0 saturated carbocycles. The highest BCUT2D eigenvalue weighted by Gasteiger charge is 2.09. The van der Waals surface area contributed by atoms with E-state index in [1.807, 2.05) is 13.8 Å². The Morgan fingerprint density at radius 3 is 2.71 bits per heavy atom. The Bertz CT molecular complexity index is 373. The van der Waals surface area contributed by atoms with E-state index in [2.05, 4.69) is 4.98 Å². The van der Waals surface area contributed by atoms with Crippen molar-refractivity contribution in [1.82, 2.24) is 4.98 Å². The first kappa shape index (κ1) is 13.9. The number of halogens is 1. The number of pyridine rings is 1. The molecule has 0 aliphatic carbocycles. The Morgan fingerprint density at radius 1 is 1.41 bits per heavy atom. The second kappa shape index (κ2) is 6.57. The van der Waals surface area contributed by atoms with Gasteiger partial charge in [0.1, 0.15) is 11.8 Å². The summed E-state index contributed by atoms with van der Waals surface area (Å²) in [4.78, 5) is 15.6. The summed E-state index contributed by atoms with van der Waals surface area (Å²) in [6.45, 7) is 6.24. The fourth-order valence-corrected chi connectivity index (χ4v) is 1.50. The second-order valence-electron chi connectivity index (χ2n) is 3.88. The van der Waals surface area contributed by atoms with Crippen LogP contribution in [0.5, 0.6) is 0 Å². The smallest absolute Gasteiger partial charge is 0.338 e. The van der Waals surface area contributed by atoms with E-state index in [-0.39, 0.29) is 17.9 Å². The minimum Gasteiger partial charge on any atom is -0.460 e. The summed E-state index contributed by atoms with van der Waals surface area (Å²) in [7, 11) is 0. The minimum absolute atomic E-state index is 0.131. The SMILES string of the molecule is Cc1cc(C(=O)OCCOC(C)C)cc(Cl)n1. The first-order valence-corrected chi connectivity index (χ1v) is 5.79. The number of nitrogens with zero attached hydrogens (tertiary/aromatic N) is 1. The number of aryl methyl sites for hydroxylation is 1. The van der Waals surface area contributed by atoms with Crippen molar-refractivity contribution in [2.45, 2.75) is 26.9 Å². The molecule has 0 amide bonds. The van der Waals surface area contributed by atoms with Crippen LogP contribution in [0.2, 0.25) is 5.15 Å². The summed E-state index contributed by atoms with van der Waals surface area (Å²) < 4.78 is 10.3. The van der Waals surface area contributed by atoms with Crippen molar-refractivity contribution in [3.8, 4) is 0 Å². The summed E-state index contributed by atoms with van der Waals surface area (Å²) in [5.41, 5.74) is 1.09. The number of esters is 1. The van der Waals surface area contributed by atoms with E-state index in [0.29, 0.717) is 17.9 Å². The van der Waals surface area contributed by atoms with Crippen LogP contribution in [0.1, 0.15) is 29.9 Å². The quantitative estimate of drug-likeness (QED) is 0.462. The monoisotopic (exact) mass is 257 g/mol. The van der Waals surface area contributed by atoms with Crippen LogP contribution in [0.4, 0.5) is 0 Å². The van der Waals surface area contributed by atoms with Crippen molar-refractivity contribution in [2.75, 3.05) is 13.2 Å². The van der Waals surface area contributed by atoms with Crippen LogP contribution >= 0.6 is 11.6 Å². The molecular formula is C12H16ClNO3. The highest BCUT2D eigenvalue weighted by atomic mass is 35.5. The molecular weight excluding hydrogens is 242 g/mol. The maximum Gasteiger partial charge on any atom is 0.338 e. The van der Waals surface area contributed by atoms with Crippen molar-refractivity contribution in [3.63, 3.8) is 0 Å². The topological polar surface area (TPSA) is 48.4 Å². The van der Waals surface area contributed by atoms with Gasteiger partial charge in [-0.3, -0.25) is 0 Å². The van der Waals surface area contributed by atoms with Gasteiger partial charge in [0.25, 0.3) is 0 Å². The van der Waals surface area contributed by atoms with Crippen LogP contribution in [-0.4, -0.2) is 30.3 Å². The second-order valence-corrected chi connectivity index (χ2v) is 4.26. The highest BCUT2D eigenvalue weighted by Crippen LogP contribution is 2.11. The zero-order chi connectivity index (χ0) is 12.8. The molecule has 17 heavy (non-hydrogen) atoms. The summed E-state index contributed by atoms with van der Waals surface area (Å²) in [5.74, 6) is -0.412. The average Bonchev–Trinajstić information content (AvgIpc) is 2.22. The Labute approximate surface area is 106 Å². The first-order chi connectivity index (χ1) is 7.99. The van der Waals surface area contributed by atoms with E-state index in [4.69, 9.17) is 21.1 Å². The van der Waals surface area contributed by atoms with Gasteiger partial charge in [-0.25, -0.2) is 9.78 Å². The molecule has 94 valence electrons. The Kier molecular flexibility index (Phi) is 5.38. The molecule has 0 aromatic carbocycles. The molecule has 0 spiro atoms. The van der Waals surface area contributed by atoms with E-state index in [0.717, 1.165) is 0 Å². The molecule has 0 N–H and O–H groups in total. The summed E-state index contributed by atoms with van der Waals surface area (Å²) in [5, 5.41) is 0.287. The molecule has 0 fully saturated rings. The van der Waals surface area contributed by atoms with Crippen LogP contribution in [0, 0.1) is 6.92 Å². The zero-order valence-corrected chi connectivity index (χ0v) is 11.0. The molecule has 0 aliphatic rings. The van der Waals surface area contributed by atoms with Gasteiger partial charge in [-0.15, -0.1) is 0 Å². The molecule has 5 heteroatoms. The highest BCUT2D eigenvalue weighted by molar-refractivity contribution is 6.29. The maximum atomic E-state index is 11.6. The van der Waals surface area contributed by atoms with Gasteiger partial charge in [0, 0.05) is 5.69 Å². The van der Waals surface area contributed by atoms with Gasteiger partial charge in [0.05, 0.1) is 18.3 Å². The van der Waals surface area contributed by atoms with Gasteiger partial charge in [-0.2, -0.15) is 0 Å². The maximum absolute atomic E-state index is 11.6. The molecule has 0 bridgehead atoms. The third-order valence-corrected chi connectivity index (χ3v) is 2.12. The summed E-state index contributed by atoms with van der Waals surface area (Å²) in [6.07, 6.45) is 0.131. The van der Waals surface area contributed by atoms with E-state index >= 15 is 0 Å². The average molecular weight is 258 g/mol. The van der Waals surface area contributed by atoms with Crippen molar-refractivity contribution in [3.05, 3.63) is 28.5 Å². The van der Waals surface area contributed by atoms with Crippen LogP contribution < -0.4 is 0 Å². The van der Waals surface area contributed by atoms with Crippen molar-refractivity contribution in [1.29, 1.82) is 0 Å². The molecule has 1 aromatic rings. The van der Waals surface area contributed by atoms with Crippen LogP contribution in [0.25, 0.3) is 0 Å². The summed E-state index contributed by atoms with van der Waals surface area (Å²) in [6, 6.07) is 3.12. The van der Waals surface area contributed by atoms with E-state index in [1.54, 1.807) is 13.0 Å². The molecule has 0 saturated heterocycles. The number of aromatic nitrogens is 1. The van der Waals surface area contributed by atoms with Crippen molar-refractivity contribution >= 4 is 17.6 Å². The molecule has 4 nitrogen and oxygen atoms in total. The van der Waals surface area contributed by atoms with Crippen molar-refractivity contribution < 1.29 is 14.3 Å². The normalized spacial score (nSPS) is 10.6. The zero-order valence-electron chi connectivity index (χ0n) is 10.2. The standard InChI is InChI=1S/C12H16ClNO3/c1-8(2)16-4-5-17-12(15)10-6-9(3)14-11(13)7-10/h6-8H,4-5H2,1-3H3. The van der Waals surface area contributed by atoms with Crippen LogP contribution in [0.3, 0.4) is 0 Å². The Hall–Kier alpha value is -1.13. The largest absolute Gasteiger partial charge is 0.460 e. The van der Waals surface area contributed by atoms with Gasteiger partial charge < -0.3 is 9.47 Å². The third-order valence-electron chi connectivity index (χ3n) is 1.93. The predicted molar refractivity (Wildman–Crippen MR) is 65.4 cm³/mol. The molecule has 0 atom stereocenters. The number of carbonyl (C=O) groups excluding carboxylic acids is 1. The number of carbonyl (C=O) groups is 1. The lowest BCUT2D eigenvalue weighted by atomic mass is 10.2. The molecule has 1 heterocycles. The van der Waals surface area contributed by atoms with Gasteiger partial charge in [-0.05, 0) is 32.9 Å². The first-order valence-electron chi connectivity index (χ1n) is 5.42. The fraction of sp³-hybridized carbons (Fsp3) is 0.500. The van der Waals surface area contributed by atoms with E-state index in [9.17, 15) is 4.79 Å². The minimum atomic E-state index is -0.412.